The third-order valence-electron chi connectivity index (χ3n) is 2.21. The molecular formula is C10H17NOS. The molecule has 0 N–H and O–H groups in total. The topological polar surface area (TPSA) is 22.1 Å². The van der Waals surface area contributed by atoms with Crippen molar-refractivity contribution in [3.63, 3.8) is 0 Å². The van der Waals surface area contributed by atoms with E-state index < -0.39 is 0 Å². The Bertz CT molecular complexity index is 272. The van der Waals surface area contributed by atoms with Crippen LogP contribution in [0.3, 0.4) is 0 Å². The molecule has 0 radical (unpaired) electrons. The van der Waals surface area contributed by atoms with Crippen molar-refractivity contribution < 1.29 is 4.74 Å². The first-order valence-electron chi connectivity index (χ1n) is 4.69. The molecule has 1 rings (SSSR count). The number of thiazole rings is 1. The molecule has 1 heterocycles. The van der Waals surface area contributed by atoms with Crippen LogP contribution in [0.4, 0.5) is 0 Å². The summed E-state index contributed by atoms with van der Waals surface area (Å²) in [5, 5.41) is 3.16. The molecule has 0 saturated heterocycles. The Hall–Kier alpha value is -0.410. The lowest BCUT2D eigenvalue weighted by atomic mass is 10.0. The third-order valence-corrected chi connectivity index (χ3v) is 3.41. The molecule has 0 aliphatic rings. The molecule has 0 aliphatic heterocycles. The maximum atomic E-state index is 5.73. The van der Waals surface area contributed by atoms with Gasteiger partial charge in [-0.3, -0.25) is 0 Å². The molecular weight excluding hydrogens is 182 g/mol. The second kappa shape index (κ2) is 4.20. The van der Waals surface area contributed by atoms with Crippen LogP contribution >= 0.6 is 11.3 Å². The van der Waals surface area contributed by atoms with Crippen molar-refractivity contribution in [3.05, 3.63) is 16.1 Å². The molecule has 2 nitrogen and oxygen atoms in total. The third kappa shape index (κ3) is 2.29. The summed E-state index contributed by atoms with van der Waals surface area (Å²) < 4.78 is 5.73. The number of hydrogen-bond donors (Lipinski definition) is 0. The van der Waals surface area contributed by atoms with Crippen molar-refractivity contribution in [2.24, 2.45) is 0 Å². The van der Waals surface area contributed by atoms with Gasteiger partial charge in [0.15, 0.2) is 0 Å². The molecule has 1 aromatic rings. The normalized spacial score (nSPS) is 15.7. The van der Waals surface area contributed by atoms with Gasteiger partial charge in [0.2, 0.25) is 0 Å². The largest absolute Gasteiger partial charge is 0.368 e. The maximum Gasteiger partial charge on any atom is 0.125 e. The number of rotatable bonds is 4. The molecule has 3 heteroatoms. The molecule has 0 saturated carbocycles. The molecule has 0 spiro atoms. The Kier molecular flexibility index (Phi) is 3.45. The highest BCUT2D eigenvalue weighted by Gasteiger charge is 2.27. The Balaban J connectivity index is 2.88. The molecule has 0 aromatic carbocycles. The van der Waals surface area contributed by atoms with Crippen LogP contribution in [-0.2, 0) is 10.3 Å². The van der Waals surface area contributed by atoms with Crippen molar-refractivity contribution >= 4 is 11.3 Å². The quantitative estimate of drug-likeness (QED) is 0.743. The van der Waals surface area contributed by atoms with Gasteiger partial charge in [-0.1, -0.05) is 6.92 Å². The van der Waals surface area contributed by atoms with E-state index in [4.69, 9.17) is 4.74 Å². The zero-order valence-electron chi connectivity index (χ0n) is 8.76. The van der Waals surface area contributed by atoms with Crippen LogP contribution in [0.25, 0.3) is 0 Å². The van der Waals surface area contributed by atoms with E-state index in [1.54, 1.807) is 11.3 Å². The lowest BCUT2D eigenvalue weighted by Gasteiger charge is -2.25. The van der Waals surface area contributed by atoms with E-state index in [0.717, 1.165) is 23.7 Å². The molecule has 0 aliphatic carbocycles. The summed E-state index contributed by atoms with van der Waals surface area (Å²) in [7, 11) is 0. The van der Waals surface area contributed by atoms with Gasteiger partial charge in [0.1, 0.15) is 10.6 Å². The molecule has 1 unspecified atom stereocenters. The Morgan fingerprint density at radius 3 is 2.62 bits per heavy atom. The summed E-state index contributed by atoms with van der Waals surface area (Å²) in [4.78, 5) is 4.47. The molecule has 1 atom stereocenters. The first-order chi connectivity index (χ1) is 6.12. The molecule has 0 bridgehead atoms. The van der Waals surface area contributed by atoms with Crippen molar-refractivity contribution in [1.29, 1.82) is 0 Å². The van der Waals surface area contributed by atoms with E-state index in [2.05, 4.69) is 24.2 Å². The van der Waals surface area contributed by atoms with E-state index in [1.165, 1.54) is 0 Å². The number of nitrogens with zero attached hydrogens (tertiary/aromatic N) is 1. The van der Waals surface area contributed by atoms with Gasteiger partial charge >= 0.3 is 0 Å². The van der Waals surface area contributed by atoms with Gasteiger partial charge in [0.05, 0.1) is 0 Å². The van der Waals surface area contributed by atoms with Crippen LogP contribution in [-0.4, -0.2) is 11.6 Å². The van der Waals surface area contributed by atoms with E-state index >= 15 is 0 Å². The monoisotopic (exact) mass is 199 g/mol. The van der Waals surface area contributed by atoms with Crippen LogP contribution in [0.5, 0.6) is 0 Å². The van der Waals surface area contributed by atoms with Crippen LogP contribution in [0.15, 0.2) is 5.38 Å². The van der Waals surface area contributed by atoms with Gasteiger partial charge in [-0.15, -0.1) is 11.3 Å². The smallest absolute Gasteiger partial charge is 0.125 e. The lowest BCUT2D eigenvalue weighted by Crippen LogP contribution is -2.24. The minimum atomic E-state index is -0.187. The van der Waals surface area contributed by atoms with E-state index in [0.29, 0.717) is 0 Å². The Morgan fingerprint density at radius 1 is 1.54 bits per heavy atom. The fourth-order valence-electron chi connectivity index (χ4n) is 1.23. The zero-order chi connectivity index (χ0) is 9.90. The van der Waals surface area contributed by atoms with Crippen LogP contribution in [0.2, 0.25) is 0 Å². The van der Waals surface area contributed by atoms with Crippen molar-refractivity contribution in [1.82, 2.24) is 4.98 Å². The van der Waals surface area contributed by atoms with Gasteiger partial charge in [-0.2, -0.15) is 0 Å². The summed E-state index contributed by atoms with van der Waals surface area (Å²) in [6.07, 6.45) is 0.966. The summed E-state index contributed by atoms with van der Waals surface area (Å²) >= 11 is 1.68. The van der Waals surface area contributed by atoms with Crippen LogP contribution in [0.1, 0.15) is 37.9 Å². The lowest BCUT2D eigenvalue weighted by molar-refractivity contribution is -0.0325. The minimum absolute atomic E-state index is 0.187. The van der Waals surface area contributed by atoms with E-state index in [-0.39, 0.29) is 5.60 Å². The Morgan fingerprint density at radius 2 is 2.23 bits per heavy atom. The molecule has 1 aromatic heterocycles. The standard InChI is InChI=1S/C10H17NOS/c1-5-10(4,12-6-2)9-11-8(3)7-13-9/h7H,5-6H2,1-4H3. The first kappa shape index (κ1) is 10.7. The van der Waals surface area contributed by atoms with Gasteiger partial charge in [-0.05, 0) is 27.2 Å². The summed E-state index contributed by atoms with van der Waals surface area (Å²) in [6, 6.07) is 0. The van der Waals surface area contributed by atoms with Gasteiger partial charge in [0, 0.05) is 17.7 Å². The molecule has 13 heavy (non-hydrogen) atoms. The average Bonchev–Trinajstić information content (AvgIpc) is 2.52. The second-order valence-corrected chi connectivity index (χ2v) is 4.17. The van der Waals surface area contributed by atoms with Crippen LogP contribution in [0, 0.1) is 6.92 Å². The summed E-state index contributed by atoms with van der Waals surface area (Å²) in [5.41, 5.74) is 0.896. The highest BCUT2D eigenvalue weighted by atomic mass is 32.1. The minimum Gasteiger partial charge on any atom is -0.368 e. The van der Waals surface area contributed by atoms with Gasteiger partial charge < -0.3 is 4.74 Å². The van der Waals surface area contributed by atoms with E-state index in [9.17, 15) is 0 Å². The number of hydrogen-bond acceptors (Lipinski definition) is 3. The highest BCUT2D eigenvalue weighted by Crippen LogP contribution is 2.31. The fourth-order valence-corrected chi connectivity index (χ4v) is 2.21. The number of ether oxygens (including phenoxy) is 1. The van der Waals surface area contributed by atoms with E-state index in [1.807, 2.05) is 13.8 Å². The van der Waals surface area contributed by atoms with Crippen molar-refractivity contribution in [2.75, 3.05) is 6.61 Å². The fraction of sp³-hybridized carbons (Fsp3) is 0.700. The Labute approximate surface area is 84.0 Å². The van der Waals surface area contributed by atoms with Crippen molar-refractivity contribution in [2.45, 2.75) is 39.7 Å². The molecule has 74 valence electrons. The second-order valence-electron chi connectivity index (χ2n) is 3.31. The number of aryl methyl sites for hydroxylation is 1. The van der Waals surface area contributed by atoms with Crippen molar-refractivity contribution in [3.8, 4) is 0 Å². The highest BCUT2D eigenvalue weighted by molar-refractivity contribution is 7.09. The van der Waals surface area contributed by atoms with Crippen LogP contribution < -0.4 is 0 Å². The first-order valence-corrected chi connectivity index (χ1v) is 5.57. The average molecular weight is 199 g/mol. The number of aromatic nitrogens is 1. The van der Waals surface area contributed by atoms with Gasteiger partial charge in [-0.25, -0.2) is 4.98 Å². The summed E-state index contributed by atoms with van der Waals surface area (Å²) in [6.45, 7) is 9.01. The summed E-state index contributed by atoms with van der Waals surface area (Å²) in [5.74, 6) is 0. The predicted molar refractivity (Wildman–Crippen MR) is 56.1 cm³/mol. The SMILES string of the molecule is CCOC(C)(CC)c1nc(C)cs1. The molecule has 0 amide bonds. The predicted octanol–water partition coefficient (Wildman–Crippen LogP) is 3.11. The zero-order valence-corrected chi connectivity index (χ0v) is 9.57. The maximum absolute atomic E-state index is 5.73. The van der Waals surface area contributed by atoms with Gasteiger partial charge in [0.25, 0.3) is 0 Å². The molecule has 0 fully saturated rings.